The van der Waals surface area contributed by atoms with Gasteiger partial charge in [0.05, 0.1) is 5.69 Å². The Morgan fingerprint density at radius 3 is 2.78 bits per heavy atom. The standard InChI is InChI=1S/C23H24N2OS/c1-17-8-4-5-15-25(17)23(26)21-13-7-11-19(24-21)16-27-22-14-6-10-18-9-2-3-12-20(18)22/h2-3,6-7,9-14,17H,4-5,8,15-16H2,1H3. The van der Waals surface area contributed by atoms with E-state index < -0.39 is 0 Å². The molecule has 1 amide bonds. The number of hydrogen-bond donors (Lipinski definition) is 0. The van der Waals surface area contributed by atoms with E-state index in [0.29, 0.717) is 11.7 Å². The fourth-order valence-electron chi connectivity index (χ4n) is 3.70. The van der Waals surface area contributed by atoms with Crippen molar-refractivity contribution in [2.75, 3.05) is 6.54 Å². The van der Waals surface area contributed by atoms with Crippen molar-refractivity contribution >= 4 is 28.4 Å². The summed E-state index contributed by atoms with van der Waals surface area (Å²) in [6.45, 7) is 2.98. The number of carbonyl (C=O) groups excluding carboxylic acids is 1. The quantitative estimate of drug-likeness (QED) is 0.560. The number of piperidine rings is 1. The lowest BCUT2D eigenvalue weighted by molar-refractivity contribution is 0.0629. The van der Waals surface area contributed by atoms with Gasteiger partial charge in [-0.05, 0) is 55.2 Å². The molecule has 0 radical (unpaired) electrons. The fourth-order valence-corrected chi connectivity index (χ4v) is 4.68. The van der Waals surface area contributed by atoms with Crippen molar-refractivity contribution in [2.45, 2.75) is 42.9 Å². The second kappa shape index (κ2) is 8.13. The smallest absolute Gasteiger partial charge is 0.272 e. The lowest BCUT2D eigenvalue weighted by Crippen LogP contribution is -2.42. The lowest BCUT2D eigenvalue weighted by Gasteiger charge is -2.33. The summed E-state index contributed by atoms with van der Waals surface area (Å²) >= 11 is 1.77. The van der Waals surface area contributed by atoms with E-state index in [1.165, 1.54) is 22.1 Å². The lowest BCUT2D eigenvalue weighted by atomic mass is 10.0. The Balaban J connectivity index is 1.50. The van der Waals surface area contributed by atoms with Crippen molar-refractivity contribution in [2.24, 2.45) is 0 Å². The van der Waals surface area contributed by atoms with E-state index in [4.69, 9.17) is 0 Å². The molecule has 4 rings (SSSR count). The molecule has 0 bridgehead atoms. The van der Waals surface area contributed by atoms with Crippen LogP contribution in [-0.2, 0) is 5.75 Å². The topological polar surface area (TPSA) is 33.2 Å². The van der Waals surface area contributed by atoms with Gasteiger partial charge in [-0.2, -0.15) is 0 Å². The van der Waals surface area contributed by atoms with Gasteiger partial charge in [0.2, 0.25) is 0 Å². The third kappa shape index (κ3) is 4.01. The van der Waals surface area contributed by atoms with Crippen molar-refractivity contribution in [1.29, 1.82) is 0 Å². The summed E-state index contributed by atoms with van der Waals surface area (Å²) in [7, 11) is 0. The number of rotatable bonds is 4. The summed E-state index contributed by atoms with van der Waals surface area (Å²) in [5.41, 5.74) is 1.52. The molecule has 138 valence electrons. The van der Waals surface area contributed by atoms with E-state index in [2.05, 4.69) is 54.4 Å². The Bertz CT molecular complexity index is 951. The summed E-state index contributed by atoms with van der Waals surface area (Å²) in [5, 5.41) is 2.51. The van der Waals surface area contributed by atoms with E-state index in [-0.39, 0.29) is 5.91 Å². The van der Waals surface area contributed by atoms with Crippen molar-refractivity contribution in [3.05, 3.63) is 72.1 Å². The van der Waals surface area contributed by atoms with Gasteiger partial charge in [-0.1, -0.05) is 42.5 Å². The zero-order valence-electron chi connectivity index (χ0n) is 15.6. The third-order valence-electron chi connectivity index (χ3n) is 5.21. The number of benzene rings is 2. The molecule has 0 spiro atoms. The maximum absolute atomic E-state index is 12.9. The first-order valence-electron chi connectivity index (χ1n) is 9.60. The number of likely N-dealkylation sites (tertiary alicyclic amines) is 1. The summed E-state index contributed by atoms with van der Waals surface area (Å²) in [5.74, 6) is 0.823. The summed E-state index contributed by atoms with van der Waals surface area (Å²) < 4.78 is 0. The molecule has 27 heavy (non-hydrogen) atoms. The van der Waals surface area contributed by atoms with Gasteiger partial charge in [-0.25, -0.2) is 4.98 Å². The molecule has 2 aromatic carbocycles. The van der Waals surface area contributed by atoms with Crippen LogP contribution in [0.3, 0.4) is 0 Å². The molecule has 4 heteroatoms. The Labute approximate surface area is 164 Å². The number of pyridine rings is 1. The number of hydrogen-bond acceptors (Lipinski definition) is 3. The van der Waals surface area contributed by atoms with Crippen molar-refractivity contribution in [1.82, 2.24) is 9.88 Å². The summed E-state index contributed by atoms with van der Waals surface area (Å²) in [6, 6.07) is 20.9. The minimum atomic E-state index is 0.0687. The van der Waals surface area contributed by atoms with E-state index in [0.717, 1.165) is 30.8 Å². The van der Waals surface area contributed by atoms with E-state index in [9.17, 15) is 4.79 Å². The zero-order valence-corrected chi connectivity index (χ0v) is 16.4. The average molecular weight is 377 g/mol. The molecule has 3 aromatic rings. The highest BCUT2D eigenvalue weighted by molar-refractivity contribution is 7.98. The van der Waals surface area contributed by atoms with Crippen LogP contribution in [-0.4, -0.2) is 28.4 Å². The van der Waals surface area contributed by atoms with E-state index in [1.54, 1.807) is 11.8 Å². The van der Waals surface area contributed by atoms with Gasteiger partial charge >= 0.3 is 0 Å². The van der Waals surface area contributed by atoms with Gasteiger partial charge in [0.15, 0.2) is 0 Å². The molecule has 1 atom stereocenters. The molecule has 0 saturated carbocycles. The van der Waals surface area contributed by atoms with Gasteiger partial charge < -0.3 is 4.90 Å². The van der Waals surface area contributed by atoms with Gasteiger partial charge in [0.25, 0.3) is 5.91 Å². The van der Waals surface area contributed by atoms with Crippen LogP contribution in [0.4, 0.5) is 0 Å². The minimum absolute atomic E-state index is 0.0687. The van der Waals surface area contributed by atoms with Crippen LogP contribution in [0.5, 0.6) is 0 Å². The Kier molecular flexibility index (Phi) is 5.44. The Morgan fingerprint density at radius 1 is 1.07 bits per heavy atom. The summed E-state index contributed by atoms with van der Waals surface area (Å²) in [4.78, 5) is 20.8. The van der Waals surface area contributed by atoms with Crippen molar-refractivity contribution in [3.8, 4) is 0 Å². The molecule has 1 unspecified atom stereocenters. The van der Waals surface area contributed by atoms with Crippen molar-refractivity contribution < 1.29 is 4.79 Å². The molecule has 3 nitrogen and oxygen atoms in total. The number of fused-ring (bicyclic) bond motifs is 1. The Hall–Kier alpha value is -2.33. The highest BCUT2D eigenvalue weighted by Crippen LogP contribution is 2.30. The second-order valence-corrected chi connectivity index (χ2v) is 8.14. The first-order valence-corrected chi connectivity index (χ1v) is 10.6. The molecule has 2 heterocycles. The molecular formula is C23H24N2OS. The van der Waals surface area contributed by atoms with E-state index >= 15 is 0 Å². The highest BCUT2D eigenvalue weighted by Gasteiger charge is 2.25. The monoisotopic (exact) mass is 376 g/mol. The van der Waals surface area contributed by atoms with Crippen LogP contribution in [0.25, 0.3) is 10.8 Å². The SMILES string of the molecule is CC1CCCCN1C(=O)c1cccc(CSc2cccc3ccccc23)n1. The first-order chi connectivity index (χ1) is 13.2. The Morgan fingerprint density at radius 2 is 1.89 bits per heavy atom. The number of thioether (sulfide) groups is 1. The third-order valence-corrected chi connectivity index (χ3v) is 6.32. The number of amides is 1. The van der Waals surface area contributed by atoms with Crippen LogP contribution in [0, 0.1) is 0 Å². The maximum Gasteiger partial charge on any atom is 0.272 e. The second-order valence-electron chi connectivity index (χ2n) is 7.12. The molecule has 1 saturated heterocycles. The molecule has 0 N–H and O–H groups in total. The molecule has 0 aliphatic carbocycles. The minimum Gasteiger partial charge on any atom is -0.335 e. The normalized spacial score (nSPS) is 17.2. The predicted octanol–water partition coefficient (Wildman–Crippen LogP) is 5.54. The molecule has 1 aromatic heterocycles. The van der Waals surface area contributed by atoms with Crippen molar-refractivity contribution in [3.63, 3.8) is 0 Å². The summed E-state index contributed by atoms with van der Waals surface area (Å²) in [6.07, 6.45) is 3.38. The van der Waals surface area contributed by atoms with Crippen LogP contribution >= 0.6 is 11.8 Å². The number of carbonyl (C=O) groups is 1. The van der Waals surface area contributed by atoms with Crippen LogP contribution in [0.15, 0.2) is 65.6 Å². The number of nitrogens with zero attached hydrogens (tertiary/aromatic N) is 2. The average Bonchev–Trinajstić information content (AvgIpc) is 2.72. The molecule has 1 aliphatic heterocycles. The van der Waals surface area contributed by atoms with Gasteiger partial charge in [-0.3, -0.25) is 4.79 Å². The van der Waals surface area contributed by atoms with Crippen LogP contribution in [0.1, 0.15) is 42.4 Å². The van der Waals surface area contributed by atoms with Crippen LogP contribution < -0.4 is 0 Å². The molecular weight excluding hydrogens is 352 g/mol. The van der Waals surface area contributed by atoms with Gasteiger partial charge in [0.1, 0.15) is 5.69 Å². The maximum atomic E-state index is 12.9. The van der Waals surface area contributed by atoms with Gasteiger partial charge in [-0.15, -0.1) is 11.8 Å². The zero-order chi connectivity index (χ0) is 18.6. The molecule has 1 fully saturated rings. The van der Waals surface area contributed by atoms with Crippen LogP contribution in [0.2, 0.25) is 0 Å². The highest BCUT2D eigenvalue weighted by atomic mass is 32.2. The predicted molar refractivity (Wildman–Crippen MR) is 112 cm³/mol. The largest absolute Gasteiger partial charge is 0.335 e. The number of aromatic nitrogens is 1. The fraction of sp³-hybridized carbons (Fsp3) is 0.304. The molecule has 1 aliphatic rings. The van der Waals surface area contributed by atoms with Gasteiger partial charge in [0, 0.05) is 23.2 Å². The van der Waals surface area contributed by atoms with E-state index in [1.807, 2.05) is 23.1 Å². The first kappa shape index (κ1) is 18.1.